The van der Waals surface area contributed by atoms with Crippen LogP contribution in [-0.4, -0.2) is 30.1 Å². The Balaban J connectivity index is 1.63. The van der Waals surface area contributed by atoms with Crippen molar-refractivity contribution in [2.24, 2.45) is 0 Å². The van der Waals surface area contributed by atoms with Gasteiger partial charge in [0.25, 0.3) is 5.91 Å². The zero-order valence-corrected chi connectivity index (χ0v) is 17.5. The molecule has 156 valence electrons. The molecule has 1 saturated heterocycles. The largest absolute Gasteiger partial charge is 0.422 e. The highest BCUT2D eigenvalue weighted by molar-refractivity contribution is 5.96. The summed E-state index contributed by atoms with van der Waals surface area (Å²) in [5.74, 6) is 0.129. The summed E-state index contributed by atoms with van der Waals surface area (Å²) in [7, 11) is 0. The van der Waals surface area contributed by atoms with Gasteiger partial charge in [0, 0.05) is 25.1 Å². The Morgan fingerprint density at radius 3 is 2.60 bits per heavy atom. The maximum atomic E-state index is 13.4. The van der Waals surface area contributed by atoms with Gasteiger partial charge in [0.1, 0.15) is 11.1 Å². The van der Waals surface area contributed by atoms with Gasteiger partial charge in [-0.05, 0) is 42.0 Å². The number of benzene rings is 2. The minimum absolute atomic E-state index is 0.00335. The highest BCUT2D eigenvalue weighted by atomic mass is 16.5. The van der Waals surface area contributed by atoms with Gasteiger partial charge in [0.05, 0.1) is 6.10 Å². The molecule has 0 unspecified atom stereocenters. The molecule has 3 aromatic rings. The number of amides is 1. The first-order valence-corrected chi connectivity index (χ1v) is 10.5. The van der Waals surface area contributed by atoms with Gasteiger partial charge < -0.3 is 14.1 Å². The van der Waals surface area contributed by atoms with E-state index >= 15 is 0 Å². The minimum Gasteiger partial charge on any atom is -0.422 e. The quantitative estimate of drug-likeness (QED) is 0.556. The Morgan fingerprint density at radius 2 is 1.90 bits per heavy atom. The van der Waals surface area contributed by atoms with Gasteiger partial charge in [0.15, 0.2) is 0 Å². The summed E-state index contributed by atoms with van der Waals surface area (Å²) in [6, 6.07) is 17.2. The summed E-state index contributed by atoms with van der Waals surface area (Å²) in [5.41, 5.74) is 2.22. The third-order valence-corrected chi connectivity index (χ3v) is 5.63. The molecule has 30 heavy (non-hydrogen) atoms. The second-order valence-corrected chi connectivity index (χ2v) is 8.20. The van der Waals surface area contributed by atoms with Crippen molar-refractivity contribution in [2.75, 3.05) is 13.2 Å². The van der Waals surface area contributed by atoms with E-state index in [-0.39, 0.29) is 17.6 Å². The number of para-hydroxylation sites is 1. The summed E-state index contributed by atoms with van der Waals surface area (Å²) in [5, 5.41) is 0.735. The van der Waals surface area contributed by atoms with E-state index in [0.29, 0.717) is 31.2 Å². The average Bonchev–Trinajstić information content (AvgIpc) is 3.26. The fourth-order valence-corrected chi connectivity index (χ4v) is 3.86. The number of ether oxygens (including phenoxy) is 1. The van der Waals surface area contributed by atoms with Crippen molar-refractivity contribution in [2.45, 2.75) is 45.3 Å². The number of hydrogen-bond acceptors (Lipinski definition) is 4. The molecular formula is C25H27NO4. The van der Waals surface area contributed by atoms with Crippen molar-refractivity contribution in [3.05, 3.63) is 81.7 Å². The van der Waals surface area contributed by atoms with Gasteiger partial charge in [0.2, 0.25) is 0 Å². The molecular weight excluding hydrogens is 378 g/mol. The Kier molecular flexibility index (Phi) is 6.00. The van der Waals surface area contributed by atoms with Gasteiger partial charge in [-0.3, -0.25) is 4.79 Å². The van der Waals surface area contributed by atoms with Gasteiger partial charge >= 0.3 is 5.63 Å². The molecule has 0 aliphatic carbocycles. The van der Waals surface area contributed by atoms with Crippen LogP contribution < -0.4 is 5.63 Å². The number of hydrogen-bond donors (Lipinski definition) is 0. The third kappa shape index (κ3) is 4.46. The molecule has 5 nitrogen and oxygen atoms in total. The van der Waals surface area contributed by atoms with Crippen LogP contribution in [0.3, 0.4) is 0 Å². The summed E-state index contributed by atoms with van der Waals surface area (Å²) in [6.07, 6.45) is 1.91. The Bertz CT molecular complexity index is 1080. The van der Waals surface area contributed by atoms with E-state index in [1.165, 1.54) is 5.56 Å². The Hall–Kier alpha value is -2.92. The fraction of sp³-hybridized carbons (Fsp3) is 0.360. The minimum atomic E-state index is -0.605. The first-order valence-electron chi connectivity index (χ1n) is 10.5. The standard InChI is InChI=1S/C25H27NO4/c1-17(2)19-11-9-18(10-12-19)15-26(16-21-7-5-13-29-21)24(27)22-14-20-6-3-4-8-23(20)30-25(22)28/h3-4,6,8-12,14,17,21H,5,7,13,15-16H2,1-2H3/t21-/m1/s1. The van der Waals surface area contributed by atoms with Crippen LogP contribution in [0, 0.1) is 0 Å². The Morgan fingerprint density at radius 1 is 1.13 bits per heavy atom. The molecule has 1 amide bonds. The van der Waals surface area contributed by atoms with Crippen molar-refractivity contribution in [1.29, 1.82) is 0 Å². The SMILES string of the molecule is CC(C)c1ccc(CN(C[C@H]2CCCO2)C(=O)c2cc3ccccc3oc2=O)cc1. The maximum Gasteiger partial charge on any atom is 0.349 e. The summed E-state index contributed by atoms with van der Waals surface area (Å²) >= 11 is 0. The van der Waals surface area contributed by atoms with Gasteiger partial charge in [-0.1, -0.05) is 56.3 Å². The first kappa shape index (κ1) is 20.4. The van der Waals surface area contributed by atoms with Crippen LogP contribution in [0.25, 0.3) is 11.0 Å². The van der Waals surface area contributed by atoms with E-state index in [9.17, 15) is 9.59 Å². The summed E-state index contributed by atoms with van der Waals surface area (Å²) in [4.78, 5) is 27.6. The van der Waals surface area contributed by atoms with Crippen molar-refractivity contribution in [3.63, 3.8) is 0 Å². The van der Waals surface area contributed by atoms with E-state index in [1.54, 1.807) is 23.1 Å². The zero-order valence-electron chi connectivity index (χ0n) is 17.5. The third-order valence-electron chi connectivity index (χ3n) is 5.63. The van der Waals surface area contributed by atoms with Crippen molar-refractivity contribution < 1.29 is 13.9 Å². The molecule has 0 radical (unpaired) electrons. The summed E-state index contributed by atoms with van der Waals surface area (Å²) in [6.45, 7) is 5.90. The molecule has 5 heteroatoms. The predicted molar refractivity (Wildman–Crippen MR) is 117 cm³/mol. The van der Waals surface area contributed by atoms with Crippen LogP contribution in [0.1, 0.15) is 54.1 Å². The van der Waals surface area contributed by atoms with E-state index in [2.05, 4.69) is 26.0 Å². The molecule has 4 rings (SSSR count). The van der Waals surface area contributed by atoms with E-state index in [1.807, 2.05) is 24.3 Å². The Labute approximate surface area is 176 Å². The summed E-state index contributed by atoms with van der Waals surface area (Å²) < 4.78 is 11.2. The van der Waals surface area contributed by atoms with Crippen LogP contribution >= 0.6 is 0 Å². The number of rotatable bonds is 6. The molecule has 1 aromatic heterocycles. The lowest BCUT2D eigenvalue weighted by molar-refractivity contribution is 0.0504. The average molecular weight is 405 g/mol. The van der Waals surface area contributed by atoms with Crippen LogP contribution in [0.5, 0.6) is 0 Å². The molecule has 0 spiro atoms. The van der Waals surface area contributed by atoms with Crippen LogP contribution in [-0.2, 0) is 11.3 Å². The zero-order chi connectivity index (χ0) is 21.1. The van der Waals surface area contributed by atoms with Crippen molar-refractivity contribution in [1.82, 2.24) is 4.90 Å². The lowest BCUT2D eigenvalue weighted by Gasteiger charge is -2.25. The molecule has 1 aliphatic heterocycles. The maximum absolute atomic E-state index is 13.4. The number of carbonyl (C=O) groups excluding carboxylic acids is 1. The predicted octanol–water partition coefficient (Wildman–Crippen LogP) is 4.74. The van der Waals surface area contributed by atoms with Crippen molar-refractivity contribution >= 4 is 16.9 Å². The molecule has 2 aromatic carbocycles. The lowest BCUT2D eigenvalue weighted by Crippen LogP contribution is -2.38. The molecule has 0 N–H and O–H groups in total. The van der Waals surface area contributed by atoms with E-state index < -0.39 is 5.63 Å². The van der Waals surface area contributed by atoms with Crippen molar-refractivity contribution in [3.8, 4) is 0 Å². The van der Waals surface area contributed by atoms with Gasteiger partial charge in [-0.25, -0.2) is 4.79 Å². The smallest absolute Gasteiger partial charge is 0.349 e. The van der Waals surface area contributed by atoms with E-state index in [0.717, 1.165) is 23.8 Å². The van der Waals surface area contributed by atoms with Gasteiger partial charge in [-0.15, -0.1) is 0 Å². The number of fused-ring (bicyclic) bond motifs is 1. The molecule has 2 heterocycles. The molecule has 0 saturated carbocycles. The number of nitrogens with zero attached hydrogens (tertiary/aromatic N) is 1. The highest BCUT2D eigenvalue weighted by Gasteiger charge is 2.26. The second-order valence-electron chi connectivity index (χ2n) is 8.20. The van der Waals surface area contributed by atoms with E-state index in [4.69, 9.17) is 9.15 Å². The molecule has 0 bridgehead atoms. The molecule has 1 atom stereocenters. The normalized spacial score (nSPS) is 16.3. The first-order chi connectivity index (χ1) is 14.5. The van der Waals surface area contributed by atoms with Crippen LogP contribution in [0.15, 0.2) is 63.8 Å². The van der Waals surface area contributed by atoms with Crippen LogP contribution in [0.2, 0.25) is 0 Å². The lowest BCUT2D eigenvalue weighted by atomic mass is 10.0. The van der Waals surface area contributed by atoms with Crippen LogP contribution in [0.4, 0.5) is 0 Å². The molecule has 1 fully saturated rings. The van der Waals surface area contributed by atoms with Gasteiger partial charge in [-0.2, -0.15) is 0 Å². The topological polar surface area (TPSA) is 59.8 Å². The second kappa shape index (κ2) is 8.84. The number of carbonyl (C=O) groups is 1. The molecule has 1 aliphatic rings. The monoisotopic (exact) mass is 405 g/mol. The fourth-order valence-electron chi connectivity index (χ4n) is 3.86. The highest BCUT2D eigenvalue weighted by Crippen LogP contribution is 2.20.